The van der Waals surface area contributed by atoms with Gasteiger partial charge in [-0.25, -0.2) is 4.79 Å². The van der Waals surface area contributed by atoms with Crippen molar-refractivity contribution in [3.63, 3.8) is 0 Å². The van der Waals surface area contributed by atoms with Crippen LogP contribution in [-0.2, 0) is 17.5 Å². The maximum atomic E-state index is 12.5. The van der Waals surface area contributed by atoms with E-state index in [4.69, 9.17) is 9.26 Å². The molecule has 0 unspecified atom stereocenters. The first kappa shape index (κ1) is 17.7. The van der Waals surface area contributed by atoms with Crippen molar-refractivity contribution in [2.45, 2.75) is 19.7 Å². The van der Waals surface area contributed by atoms with Crippen molar-refractivity contribution < 1.29 is 27.2 Å². The average Bonchev–Trinajstić information content (AvgIpc) is 3.08. The summed E-state index contributed by atoms with van der Waals surface area (Å²) in [5.74, 6) is -0.341. The second-order valence-corrected chi connectivity index (χ2v) is 5.53. The van der Waals surface area contributed by atoms with Crippen molar-refractivity contribution in [1.82, 2.24) is 10.1 Å². The van der Waals surface area contributed by atoms with Crippen LogP contribution in [0.25, 0.3) is 11.5 Å². The number of hydrogen-bond acceptors (Lipinski definition) is 5. The summed E-state index contributed by atoms with van der Waals surface area (Å²) >= 11 is 0. The van der Waals surface area contributed by atoms with Crippen molar-refractivity contribution in [3.05, 3.63) is 71.0 Å². The number of nitrogens with zero attached hydrogens (tertiary/aromatic N) is 2. The highest BCUT2D eigenvalue weighted by Crippen LogP contribution is 2.29. The third-order valence-electron chi connectivity index (χ3n) is 3.55. The average molecular weight is 362 g/mol. The second-order valence-electron chi connectivity index (χ2n) is 5.53. The molecular weight excluding hydrogens is 349 g/mol. The number of carbonyl (C=O) groups excluding carboxylic acids is 1. The van der Waals surface area contributed by atoms with E-state index in [2.05, 4.69) is 10.1 Å². The van der Waals surface area contributed by atoms with Gasteiger partial charge >= 0.3 is 12.1 Å². The lowest BCUT2D eigenvalue weighted by Gasteiger charge is -2.07. The Kier molecular flexibility index (Phi) is 4.75. The number of aromatic nitrogens is 2. The zero-order valence-electron chi connectivity index (χ0n) is 13.6. The Hall–Kier alpha value is -3.16. The normalized spacial score (nSPS) is 11.4. The fourth-order valence-corrected chi connectivity index (χ4v) is 2.13. The number of ether oxygens (including phenoxy) is 1. The summed E-state index contributed by atoms with van der Waals surface area (Å²) < 4.78 is 47.6. The van der Waals surface area contributed by atoms with Gasteiger partial charge in [0.25, 0.3) is 5.89 Å². The predicted octanol–water partition coefficient (Wildman–Crippen LogP) is 4.42. The van der Waals surface area contributed by atoms with Crippen LogP contribution in [0.5, 0.6) is 0 Å². The van der Waals surface area contributed by atoms with E-state index < -0.39 is 17.7 Å². The first-order valence-electron chi connectivity index (χ1n) is 7.57. The topological polar surface area (TPSA) is 65.2 Å². The highest BCUT2D eigenvalue weighted by Gasteiger charge is 2.30. The van der Waals surface area contributed by atoms with Crippen LogP contribution >= 0.6 is 0 Å². The van der Waals surface area contributed by atoms with E-state index in [1.54, 1.807) is 0 Å². The van der Waals surface area contributed by atoms with Crippen LogP contribution in [0.1, 0.15) is 27.3 Å². The van der Waals surface area contributed by atoms with E-state index in [9.17, 15) is 18.0 Å². The smallest absolute Gasteiger partial charge is 0.416 e. The Labute approximate surface area is 146 Å². The number of aryl methyl sites for hydroxylation is 1. The van der Waals surface area contributed by atoms with Crippen molar-refractivity contribution in [3.8, 4) is 11.5 Å². The number of carbonyl (C=O) groups is 1. The summed E-state index contributed by atoms with van der Waals surface area (Å²) in [5.41, 5.74) is 0.970. The summed E-state index contributed by atoms with van der Waals surface area (Å²) in [6.07, 6.45) is -4.46. The number of hydrogen-bond donors (Lipinski definition) is 0. The maximum absolute atomic E-state index is 12.5. The van der Waals surface area contributed by atoms with Gasteiger partial charge in [0.1, 0.15) is 0 Å². The molecule has 134 valence electrons. The second kappa shape index (κ2) is 6.99. The monoisotopic (exact) mass is 362 g/mol. The van der Waals surface area contributed by atoms with Crippen molar-refractivity contribution >= 4 is 5.97 Å². The fraction of sp³-hybridized carbons (Fsp3) is 0.167. The molecule has 0 bridgehead atoms. The molecule has 0 aliphatic heterocycles. The number of rotatable bonds is 4. The van der Waals surface area contributed by atoms with Crippen molar-refractivity contribution in [1.29, 1.82) is 0 Å². The number of esters is 1. The Morgan fingerprint density at radius 3 is 2.35 bits per heavy atom. The zero-order valence-corrected chi connectivity index (χ0v) is 13.6. The predicted molar refractivity (Wildman–Crippen MR) is 85.0 cm³/mol. The van der Waals surface area contributed by atoms with Gasteiger partial charge in [0, 0.05) is 5.56 Å². The van der Waals surface area contributed by atoms with Crippen molar-refractivity contribution in [2.75, 3.05) is 0 Å². The van der Waals surface area contributed by atoms with E-state index in [-0.39, 0.29) is 23.9 Å². The molecule has 1 heterocycles. The molecule has 8 heteroatoms. The first-order valence-corrected chi connectivity index (χ1v) is 7.57. The van der Waals surface area contributed by atoms with Gasteiger partial charge in [-0.3, -0.25) is 0 Å². The van der Waals surface area contributed by atoms with Gasteiger partial charge in [-0.15, -0.1) is 0 Å². The molecule has 26 heavy (non-hydrogen) atoms. The van der Waals surface area contributed by atoms with E-state index in [1.807, 2.05) is 31.2 Å². The van der Waals surface area contributed by atoms with E-state index in [0.29, 0.717) is 0 Å². The van der Waals surface area contributed by atoms with Crippen LogP contribution in [0.15, 0.2) is 53.1 Å². The molecule has 0 saturated carbocycles. The molecule has 5 nitrogen and oxygen atoms in total. The fourth-order valence-electron chi connectivity index (χ4n) is 2.13. The number of alkyl halides is 3. The molecule has 0 atom stereocenters. The molecule has 3 rings (SSSR count). The third-order valence-corrected chi connectivity index (χ3v) is 3.55. The quantitative estimate of drug-likeness (QED) is 0.643. The lowest BCUT2D eigenvalue weighted by atomic mass is 10.1. The van der Waals surface area contributed by atoms with E-state index in [1.165, 1.54) is 0 Å². The van der Waals surface area contributed by atoms with Crippen LogP contribution in [0, 0.1) is 6.92 Å². The van der Waals surface area contributed by atoms with Gasteiger partial charge in [0.05, 0.1) is 11.1 Å². The van der Waals surface area contributed by atoms with Crippen molar-refractivity contribution in [2.24, 2.45) is 0 Å². The Balaban J connectivity index is 1.62. The molecule has 3 aromatic rings. The number of halogens is 3. The van der Waals surface area contributed by atoms with Gasteiger partial charge in [0.2, 0.25) is 5.82 Å². The number of benzene rings is 2. The Bertz CT molecular complexity index is 901. The van der Waals surface area contributed by atoms with Crippen LogP contribution in [-0.4, -0.2) is 16.1 Å². The minimum atomic E-state index is -4.46. The molecule has 0 saturated heterocycles. The highest BCUT2D eigenvalue weighted by atomic mass is 19.4. The molecule has 1 aromatic heterocycles. The van der Waals surface area contributed by atoms with E-state index in [0.717, 1.165) is 35.4 Å². The summed E-state index contributed by atoms with van der Waals surface area (Å²) in [4.78, 5) is 16.0. The van der Waals surface area contributed by atoms with Gasteiger partial charge in [0.15, 0.2) is 6.61 Å². The maximum Gasteiger partial charge on any atom is 0.416 e. The summed E-state index contributed by atoms with van der Waals surface area (Å²) in [6, 6.07) is 11.2. The minimum Gasteiger partial charge on any atom is -0.454 e. The lowest BCUT2D eigenvalue weighted by Crippen LogP contribution is -2.08. The van der Waals surface area contributed by atoms with Crippen LogP contribution in [0.4, 0.5) is 13.2 Å². The van der Waals surface area contributed by atoms with Gasteiger partial charge in [-0.2, -0.15) is 18.2 Å². The molecule has 0 spiro atoms. The van der Waals surface area contributed by atoms with Crippen LogP contribution in [0.2, 0.25) is 0 Å². The molecule has 0 N–H and O–H groups in total. The van der Waals surface area contributed by atoms with Gasteiger partial charge in [-0.1, -0.05) is 22.9 Å². The third kappa shape index (κ3) is 4.08. The van der Waals surface area contributed by atoms with Crippen LogP contribution in [0.3, 0.4) is 0 Å². The Morgan fingerprint density at radius 2 is 1.73 bits per heavy atom. The molecule has 0 radical (unpaired) electrons. The first-order chi connectivity index (χ1) is 12.3. The molecule has 2 aromatic carbocycles. The Morgan fingerprint density at radius 1 is 1.08 bits per heavy atom. The molecule has 0 fully saturated rings. The lowest BCUT2D eigenvalue weighted by molar-refractivity contribution is -0.137. The summed E-state index contributed by atoms with van der Waals surface area (Å²) in [7, 11) is 0. The largest absolute Gasteiger partial charge is 0.454 e. The summed E-state index contributed by atoms with van der Waals surface area (Å²) in [5, 5.41) is 3.71. The van der Waals surface area contributed by atoms with E-state index >= 15 is 0 Å². The molecule has 0 amide bonds. The highest BCUT2D eigenvalue weighted by molar-refractivity contribution is 5.89. The minimum absolute atomic E-state index is 0.000234. The van der Waals surface area contributed by atoms with Gasteiger partial charge < -0.3 is 9.26 Å². The van der Waals surface area contributed by atoms with Gasteiger partial charge in [-0.05, 0) is 43.3 Å². The molecule has 0 aliphatic rings. The zero-order chi connectivity index (χ0) is 18.7. The van der Waals surface area contributed by atoms with Crippen LogP contribution < -0.4 is 0 Å². The molecular formula is C18H13F3N2O3. The standard InChI is InChI=1S/C18H13F3N2O3/c1-11-2-4-12(5-3-11)16-22-15(23-26-16)10-25-17(24)13-6-8-14(9-7-13)18(19,20)21/h2-9H,10H2,1H3. The SMILES string of the molecule is Cc1ccc(-c2nc(COC(=O)c3ccc(C(F)(F)F)cc3)no2)cc1. The molecule has 0 aliphatic carbocycles. The summed E-state index contributed by atoms with van der Waals surface area (Å²) in [6.45, 7) is 1.69.